The Hall–Kier alpha value is -1.38. The number of aromatic nitrogens is 1. The molecule has 1 heterocycles. The van der Waals surface area contributed by atoms with E-state index in [4.69, 9.17) is 0 Å². The highest BCUT2D eigenvalue weighted by molar-refractivity contribution is 5.75. The molecule has 0 spiro atoms. The number of amides is 1. The number of nitrogens with zero attached hydrogens (tertiary/aromatic N) is 1. The van der Waals surface area contributed by atoms with E-state index >= 15 is 0 Å². The smallest absolute Gasteiger partial charge is 0.220 e. The zero-order valence-electron chi connectivity index (χ0n) is 9.28. The van der Waals surface area contributed by atoms with Crippen LogP contribution in [0.4, 0.5) is 0 Å². The van der Waals surface area contributed by atoms with Gasteiger partial charge >= 0.3 is 0 Å². The van der Waals surface area contributed by atoms with Crippen molar-refractivity contribution >= 4 is 5.91 Å². The van der Waals surface area contributed by atoms with E-state index in [1.165, 1.54) is 0 Å². The lowest BCUT2D eigenvalue weighted by Gasteiger charge is -2.01. The summed E-state index contributed by atoms with van der Waals surface area (Å²) in [6.07, 6.45) is 6.54. The van der Waals surface area contributed by atoms with Gasteiger partial charge in [-0.15, -0.1) is 0 Å². The second kappa shape index (κ2) is 6.98. The highest BCUT2D eigenvalue weighted by atomic mass is 16.1. The standard InChI is InChI=1S/C12H18N2O/c1-2-8-13-12(15)7-6-11-14-9-4-3-5-10-14/h3-5,9-10H,2,6-8,11H2,1H3/p+1. The van der Waals surface area contributed by atoms with E-state index < -0.39 is 0 Å². The fraction of sp³-hybridized carbons (Fsp3) is 0.500. The molecular weight excluding hydrogens is 188 g/mol. The number of hydrogen-bond acceptors (Lipinski definition) is 1. The van der Waals surface area contributed by atoms with E-state index in [1.54, 1.807) is 0 Å². The van der Waals surface area contributed by atoms with Gasteiger partial charge in [-0.25, -0.2) is 4.57 Å². The minimum atomic E-state index is 0.161. The summed E-state index contributed by atoms with van der Waals surface area (Å²) in [7, 11) is 0. The van der Waals surface area contributed by atoms with Crippen LogP contribution >= 0.6 is 0 Å². The minimum Gasteiger partial charge on any atom is -0.356 e. The molecule has 3 heteroatoms. The molecule has 0 saturated carbocycles. The van der Waals surface area contributed by atoms with Crippen LogP contribution in [0.3, 0.4) is 0 Å². The number of carbonyl (C=O) groups is 1. The van der Waals surface area contributed by atoms with E-state index in [0.717, 1.165) is 25.9 Å². The van der Waals surface area contributed by atoms with E-state index in [0.29, 0.717) is 6.42 Å². The maximum absolute atomic E-state index is 11.3. The Morgan fingerprint density at radius 1 is 1.27 bits per heavy atom. The molecule has 82 valence electrons. The van der Waals surface area contributed by atoms with E-state index in [1.807, 2.05) is 30.6 Å². The Labute approximate surface area is 91.1 Å². The molecule has 0 unspecified atom stereocenters. The summed E-state index contributed by atoms with van der Waals surface area (Å²) < 4.78 is 2.09. The Morgan fingerprint density at radius 3 is 2.67 bits per heavy atom. The first kappa shape index (κ1) is 11.7. The van der Waals surface area contributed by atoms with Crippen molar-refractivity contribution in [2.45, 2.75) is 32.7 Å². The molecule has 3 nitrogen and oxygen atoms in total. The second-order valence-electron chi connectivity index (χ2n) is 3.57. The third-order valence-corrected chi connectivity index (χ3v) is 2.17. The zero-order valence-corrected chi connectivity index (χ0v) is 9.28. The minimum absolute atomic E-state index is 0.161. The van der Waals surface area contributed by atoms with Gasteiger partial charge in [0.05, 0.1) is 0 Å². The number of rotatable bonds is 6. The van der Waals surface area contributed by atoms with Crippen LogP contribution in [0.2, 0.25) is 0 Å². The molecular formula is C12H19N2O+. The van der Waals surface area contributed by atoms with Gasteiger partial charge in [0.2, 0.25) is 5.91 Å². The van der Waals surface area contributed by atoms with Gasteiger partial charge in [-0.05, 0) is 6.42 Å². The fourth-order valence-corrected chi connectivity index (χ4v) is 1.36. The number of nitrogens with one attached hydrogen (secondary N) is 1. The van der Waals surface area contributed by atoms with Crippen LogP contribution in [0.5, 0.6) is 0 Å². The monoisotopic (exact) mass is 207 g/mol. The maximum Gasteiger partial charge on any atom is 0.220 e. The quantitative estimate of drug-likeness (QED) is 0.700. The first-order chi connectivity index (χ1) is 7.33. The second-order valence-corrected chi connectivity index (χ2v) is 3.57. The average molecular weight is 207 g/mol. The first-order valence-electron chi connectivity index (χ1n) is 5.53. The third-order valence-electron chi connectivity index (χ3n) is 2.17. The van der Waals surface area contributed by atoms with Gasteiger partial charge in [-0.3, -0.25) is 4.79 Å². The third kappa shape index (κ3) is 5.15. The molecule has 0 fully saturated rings. The highest BCUT2D eigenvalue weighted by Crippen LogP contribution is 1.89. The van der Waals surface area contributed by atoms with Crippen molar-refractivity contribution in [3.05, 3.63) is 30.6 Å². The molecule has 0 aliphatic rings. The zero-order chi connectivity index (χ0) is 10.9. The molecule has 0 aliphatic carbocycles. The van der Waals surface area contributed by atoms with Gasteiger partial charge in [0.25, 0.3) is 0 Å². The van der Waals surface area contributed by atoms with E-state index in [2.05, 4.69) is 16.8 Å². The summed E-state index contributed by atoms with van der Waals surface area (Å²) in [5, 5.41) is 2.87. The molecule has 0 aliphatic heterocycles. The molecule has 1 amide bonds. The Bertz CT molecular complexity index is 285. The van der Waals surface area contributed by atoms with Crippen molar-refractivity contribution in [1.82, 2.24) is 5.32 Å². The molecule has 1 aromatic rings. The molecule has 0 bridgehead atoms. The van der Waals surface area contributed by atoms with Crippen molar-refractivity contribution in [2.75, 3.05) is 6.54 Å². The SMILES string of the molecule is CCCNC(=O)CCC[n+]1ccccc1. The van der Waals surface area contributed by atoms with Gasteiger partial charge in [0.1, 0.15) is 6.54 Å². The van der Waals surface area contributed by atoms with Crippen LogP contribution in [0, 0.1) is 0 Å². The predicted octanol–water partition coefficient (Wildman–Crippen LogP) is 1.28. The highest BCUT2D eigenvalue weighted by Gasteiger charge is 2.02. The molecule has 1 aromatic heterocycles. The normalized spacial score (nSPS) is 9.93. The van der Waals surface area contributed by atoms with Gasteiger partial charge in [0, 0.05) is 31.5 Å². The Balaban J connectivity index is 2.14. The van der Waals surface area contributed by atoms with Crippen molar-refractivity contribution in [2.24, 2.45) is 0 Å². The maximum atomic E-state index is 11.3. The summed E-state index contributed by atoms with van der Waals surface area (Å²) in [6, 6.07) is 5.98. The number of carbonyl (C=O) groups excluding carboxylic acids is 1. The Morgan fingerprint density at radius 2 is 2.00 bits per heavy atom. The summed E-state index contributed by atoms with van der Waals surface area (Å²) >= 11 is 0. The predicted molar refractivity (Wildman–Crippen MR) is 59.2 cm³/mol. The summed E-state index contributed by atoms with van der Waals surface area (Å²) in [5.41, 5.74) is 0. The lowest BCUT2D eigenvalue weighted by atomic mass is 10.3. The summed E-state index contributed by atoms with van der Waals surface area (Å²) in [4.78, 5) is 11.3. The van der Waals surface area contributed by atoms with Gasteiger partial charge in [-0.1, -0.05) is 13.0 Å². The molecule has 1 rings (SSSR count). The number of hydrogen-bond donors (Lipinski definition) is 1. The molecule has 1 N–H and O–H groups in total. The molecule has 0 radical (unpaired) electrons. The summed E-state index contributed by atoms with van der Waals surface area (Å²) in [5.74, 6) is 0.161. The van der Waals surface area contributed by atoms with Gasteiger partial charge in [0.15, 0.2) is 12.4 Å². The average Bonchev–Trinajstić information content (AvgIpc) is 2.28. The van der Waals surface area contributed by atoms with Crippen LogP contribution in [-0.4, -0.2) is 12.5 Å². The van der Waals surface area contributed by atoms with E-state index in [-0.39, 0.29) is 5.91 Å². The van der Waals surface area contributed by atoms with Crippen molar-refractivity contribution < 1.29 is 9.36 Å². The van der Waals surface area contributed by atoms with Crippen LogP contribution in [0.1, 0.15) is 26.2 Å². The van der Waals surface area contributed by atoms with Crippen LogP contribution in [0.15, 0.2) is 30.6 Å². The first-order valence-corrected chi connectivity index (χ1v) is 5.53. The topological polar surface area (TPSA) is 33.0 Å². The van der Waals surface area contributed by atoms with Gasteiger partial charge in [-0.2, -0.15) is 0 Å². The number of pyridine rings is 1. The van der Waals surface area contributed by atoms with Crippen LogP contribution in [0.25, 0.3) is 0 Å². The van der Waals surface area contributed by atoms with Crippen LogP contribution in [-0.2, 0) is 11.3 Å². The fourth-order valence-electron chi connectivity index (χ4n) is 1.36. The van der Waals surface area contributed by atoms with E-state index in [9.17, 15) is 4.79 Å². The van der Waals surface area contributed by atoms with Gasteiger partial charge < -0.3 is 5.32 Å². The molecule has 15 heavy (non-hydrogen) atoms. The molecule has 0 atom stereocenters. The summed E-state index contributed by atoms with van der Waals surface area (Å²) in [6.45, 7) is 3.75. The molecule has 0 saturated heterocycles. The van der Waals surface area contributed by atoms with Crippen molar-refractivity contribution in [3.8, 4) is 0 Å². The van der Waals surface area contributed by atoms with Crippen LogP contribution < -0.4 is 9.88 Å². The lowest BCUT2D eigenvalue weighted by molar-refractivity contribution is -0.697. The largest absolute Gasteiger partial charge is 0.356 e. The molecule has 0 aromatic carbocycles. The number of aryl methyl sites for hydroxylation is 1. The van der Waals surface area contributed by atoms with Crippen molar-refractivity contribution in [3.63, 3.8) is 0 Å². The Kier molecular flexibility index (Phi) is 5.44. The van der Waals surface area contributed by atoms with Crippen molar-refractivity contribution in [1.29, 1.82) is 0 Å². The lowest BCUT2D eigenvalue weighted by Crippen LogP contribution is -2.33.